The maximum absolute atomic E-state index is 11.7. The number of hydrogen-bond donors (Lipinski definition) is 4. The number of anilines is 5. The molecule has 0 radical (unpaired) electrons. The predicted molar refractivity (Wildman–Crippen MR) is 144 cm³/mol. The van der Waals surface area contributed by atoms with E-state index in [0.29, 0.717) is 28.6 Å². The number of amides is 1. The van der Waals surface area contributed by atoms with Crippen LogP contribution in [0, 0.1) is 0 Å². The average Bonchev–Trinajstić information content (AvgIpc) is 3.49. The Kier molecular flexibility index (Phi) is 6.33. The first-order chi connectivity index (χ1) is 17.5. The summed E-state index contributed by atoms with van der Waals surface area (Å²) in [5, 5.41) is 10.5. The fourth-order valence-corrected chi connectivity index (χ4v) is 3.89. The van der Waals surface area contributed by atoms with Crippen LogP contribution in [0.5, 0.6) is 0 Å². The van der Waals surface area contributed by atoms with E-state index in [9.17, 15) is 4.79 Å². The predicted octanol–water partition coefficient (Wildman–Crippen LogP) is 4.48. The van der Waals surface area contributed by atoms with Crippen molar-refractivity contribution in [2.45, 2.75) is 6.54 Å². The molecule has 2 aromatic carbocycles. The van der Waals surface area contributed by atoms with Crippen LogP contribution in [0.3, 0.4) is 0 Å². The number of nitrogens with one attached hydrogen (secondary N) is 4. The second-order valence-corrected chi connectivity index (χ2v) is 8.61. The summed E-state index contributed by atoms with van der Waals surface area (Å²) in [5.41, 5.74) is 4.65. The Hall–Kier alpha value is -4.70. The number of aromatic amines is 1. The van der Waals surface area contributed by atoms with Gasteiger partial charge in [0.05, 0.1) is 6.33 Å². The van der Waals surface area contributed by atoms with E-state index in [1.807, 2.05) is 24.3 Å². The van der Waals surface area contributed by atoms with Crippen LogP contribution in [0.25, 0.3) is 22.1 Å². The van der Waals surface area contributed by atoms with Gasteiger partial charge in [-0.1, -0.05) is 12.6 Å². The zero-order chi connectivity index (χ0) is 25.1. The first-order valence-corrected chi connectivity index (χ1v) is 11.5. The van der Waals surface area contributed by atoms with Gasteiger partial charge in [-0.25, -0.2) is 4.98 Å². The monoisotopic (exact) mass is 481 g/mol. The second kappa shape index (κ2) is 9.88. The number of likely N-dealkylation sites (N-methyl/N-ethyl adjacent to an activating group) is 1. The molecule has 0 saturated carbocycles. The second-order valence-electron chi connectivity index (χ2n) is 8.61. The lowest BCUT2D eigenvalue weighted by Gasteiger charge is -2.12. The van der Waals surface area contributed by atoms with Crippen LogP contribution in [-0.4, -0.2) is 56.0 Å². The van der Waals surface area contributed by atoms with E-state index >= 15 is 0 Å². The van der Waals surface area contributed by atoms with E-state index in [4.69, 9.17) is 0 Å². The minimum Gasteiger partial charge on any atom is -0.346 e. The van der Waals surface area contributed by atoms with E-state index in [1.54, 1.807) is 12.4 Å². The first kappa shape index (κ1) is 23.1. The zero-order valence-corrected chi connectivity index (χ0v) is 20.1. The minimum atomic E-state index is -0.276. The summed E-state index contributed by atoms with van der Waals surface area (Å²) in [6, 6.07) is 15.6. The molecule has 182 valence electrons. The number of benzene rings is 2. The maximum Gasteiger partial charge on any atom is 0.247 e. The van der Waals surface area contributed by atoms with Crippen LogP contribution in [-0.2, 0) is 11.3 Å². The van der Waals surface area contributed by atoms with Crippen molar-refractivity contribution in [3.63, 3.8) is 0 Å². The quantitative estimate of drug-likeness (QED) is 0.229. The lowest BCUT2D eigenvalue weighted by Crippen LogP contribution is -2.17. The molecule has 5 rings (SSSR count). The summed E-state index contributed by atoms with van der Waals surface area (Å²) in [6.07, 6.45) is 4.92. The Morgan fingerprint density at radius 2 is 1.92 bits per heavy atom. The van der Waals surface area contributed by atoms with Crippen LogP contribution in [0.15, 0.2) is 73.7 Å². The van der Waals surface area contributed by atoms with Gasteiger partial charge in [0.1, 0.15) is 5.52 Å². The molecule has 36 heavy (non-hydrogen) atoms. The van der Waals surface area contributed by atoms with Crippen molar-refractivity contribution in [2.75, 3.05) is 36.6 Å². The van der Waals surface area contributed by atoms with E-state index in [0.717, 1.165) is 29.9 Å². The molecule has 10 nitrogen and oxygen atoms in total. The van der Waals surface area contributed by atoms with Crippen LogP contribution in [0.2, 0.25) is 0 Å². The Bertz CT molecular complexity index is 1550. The van der Waals surface area contributed by atoms with Gasteiger partial charge in [-0.3, -0.25) is 4.79 Å². The molecule has 5 aromatic rings. The summed E-state index contributed by atoms with van der Waals surface area (Å²) in [7, 11) is 4.15. The molecule has 0 fully saturated rings. The normalized spacial score (nSPS) is 11.2. The number of hydrogen-bond acceptors (Lipinski definition) is 7. The average molecular weight is 482 g/mol. The van der Waals surface area contributed by atoms with Crippen molar-refractivity contribution in [1.29, 1.82) is 0 Å². The van der Waals surface area contributed by atoms with Crippen LogP contribution >= 0.6 is 0 Å². The molecule has 0 aliphatic heterocycles. The largest absolute Gasteiger partial charge is 0.346 e. The summed E-state index contributed by atoms with van der Waals surface area (Å²) in [5.74, 6) is 0.698. The van der Waals surface area contributed by atoms with Crippen molar-refractivity contribution in [1.82, 2.24) is 29.4 Å². The summed E-state index contributed by atoms with van der Waals surface area (Å²) in [6.45, 7) is 5.39. The third-order valence-electron chi connectivity index (χ3n) is 5.68. The summed E-state index contributed by atoms with van der Waals surface area (Å²) < 4.78 is 2.25. The van der Waals surface area contributed by atoms with E-state index in [-0.39, 0.29) is 5.91 Å². The summed E-state index contributed by atoms with van der Waals surface area (Å²) >= 11 is 0. The highest BCUT2D eigenvalue weighted by molar-refractivity contribution is 5.99. The maximum atomic E-state index is 11.7. The molecule has 0 unspecified atom stereocenters. The van der Waals surface area contributed by atoms with Crippen molar-refractivity contribution in [3.05, 3.63) is 73.7 Å². The van der Waals surface area contributed by atoms with Gasteiger partial charge in [-0.2, -0.15) is 9.97 Å². The molecule has 0 saturated heterocycles. The number of H-pyrrole nitrogens is 1. The molecule has 0 bridgehead atoms. The SMILES string of the molecule is C=CC(=O)Nc1cccc(Nc2nc(Nc3ccc4c(ccn4CCN(C)C)c3)nc3nc[nH]c23)c1. The highest BCUT2D eigenvalue weighted by Crippen LogP contribution is 2.27. The molecular formula is C26H27N9O. The lowest BCUT2D eigenvalue weighted by molar-refractivity contribution is -0.111. The van der Waals surface area contributed by atoms with Crippen molar-refractivity contribution < 1.29 is 4.79 Å². The molecule has 0 aliphatic carbocycles. The third kappa shape index (κ3) is 5.03. The van der Waals surface area contributed by atoms with Gasteiger partial charge in [-0.15, -0.1) is 0 Å². The highest BCUT2D eigenvalue weighted by Gasteiger charge is 2.12. The number of fused-ring (bicyclic) bond motifs is 2. The van der Waals surface area contributed by atoms with Gasteiger partial charge < -0.3 is 30.4 Å². The van der Waals surface area contributed by atoms with Gasteiger partial charge >= 0.3 is 0 Å². The van der Waals surface area contributed by atoms with Crippen molar-refractivity contribution >= 4 is 56.8 Å². The molecule has 3 aromatic heterocycles. The van der Waals surface area contributed by atoms with Gasteiger partial charge in [0.15, 0.2) is 11.5 Å². The van der Waals surface area contributed by atoms with Crippen LogP contribution < -0.4 is 16.0 Å². The summed E-state index contributed by atoms with van der Waals surface area (Å²) in [4.78, 5) is 30.5. The number of carbonyl (C=O) groups excluding carboxylic acids is 1. The van der Waals surface area contributed by atoms with Crippen molar-refractivity contribution in [3.8, 4) is 0 Å². The minimum absolute atomic E-state index is 0.276. The fourth-order valence-electron chi connectivity index (χ4n) is 3.89. The van der Waals surface area contributed by atoms with Crippen LogP contribution in [0.4, 0.5) is 28.8 Å². The van der Waals surface area contributed by atoms with Crippen molar-refractivity contribution in [2.24, 2.45) is 0 Å². The van der Waals surface area contributed by atoms with E-state index in [2.05, 4.69) is 90.4 Å². The standard InChI is InChI=1S/C26H27N9O/c1-4-22(36)29-18-6-5-7-19(15-18)30-25-23-24(28-16-27-23)32-26(33-25)31-20-8-9-21-17(14-20)10-11-35(21)13-12-34(2)3/h4-11,14-16H,1,12-13H2,2-3H3,(H,29,36)(H3,27,28,30,31,32,33). The smallest absolute Gasteiger partial charge is 0.247 e. The molecular weight excluding hydrogens is 454 g/mol. The Morgan fingerprint density at radius 1 is 1.08 bits per heavy atom. The molecule has 1 amide bonds. The van der Waals surface area contributed by atoms with Gasteiger partial charge in [0.2, 0.25) is 11.9 Å². The zero-order valence-electron chi connectivity index (χ0n) is 20.1. The molecule has 4 N–H and O–H groups in total. The Labute approximate surface area is 208 Å². The van der Waals surface area contributed by atoms with Gasteiger partial charge in [-0.05, 0) is 62.6 Å². The Morgan fingerprint density at radius 3 is 2.75 bits per heavy atom. The number of nitrogens with zero attached hydrogens (tertiary/aromatic N) is 5. The van der Waals surface area contributed by atoms with E-state index in [1.165, 1.54) is 11.6 Å². The van der Waals surface area contributed by atoms with Gasteiger partial charge in [0, 0.05) is 47.3 Å². The number of rotatable bonds is 9. The lowest BCUT2D eigenvalue weighted by atomic mass is 10.2. The number of imidazole rings is 1. The number of carbonyl (C=O) groups is 1. The van der Waals surface area contributed by atoms with Crippen LogP contribution in [0.1, 0.15) is 0 Å². The number of aromatic nitrogens is 5. The van der Waals surface area contributed by atoms with Gasteiger partial charge in [0.25, 0.3) is 0 Å². The highest BCUT2D eigenvalue weighted by atomic mass is 16.1. The Balaban J connectivity index is 1.40. The fraction of sp³-hybridized carbons (Fsp3) is 0.154. The molecule has 0 atom stereocenters. The molecule has 0 spiro atoms. The topological polar surface area (TPSA) is 116 Å². The van der Waals surface area contributed by atoms with E-state index < -0.39 is 0 Å². The third-order valence-corrected chi connectivity index (χ3v) is 5.68. The molecule has 0 aliphatic rings. The molecule has 10 heteroatoms. The first-order valence-electron chi connectivity index (χ1n) is 11.5. The molecule has 3 heterocycles.